The maximum Gasteiger partial charge on any atom is 0.319 e. The van der Waals surface area contributed by atoms with Crippen molar-refractivity contribution in [3.8, 4) is 0 Å². The van der Waals surface area contributed by atoms with E-state index in [9.17, 15) is 13.2 Å². The van der Waals surface area contributed by atoms with Crippen LogP contribution in [0.15, 0.2) is 71.6 Å². The van der Waals surface area contributed by atoms with E-state index in [1.165, 1.54) is 6.26 Å². The number of anilines is 1. The van der Waals surface area contributed by atoms with Gasteiger partial charge in [-0.2, -0.15) is 0 Å². The van der Waals surface area contributed by atoms with Gasteiger partial charge in [0.05, 0.1) is 16.6 Å². The van der Waals surface area contributed by atoms with Crippen molar-refractivity contribution >= 4 is 32.3 Å². The Morgan fingerprint density at radius 3 is 2.27 bits per heavy atom. The van der Waals surface area contributed by atoms with E-state index in [1.54, 1.807) is 24.3 Å². The number of benzene rings is 3. The Morgan fingerprint density at radius 2 is 1.58 bits per heavy atom. The van der Waals surface area contributed by atoms with Gasteiger partial charge in [0.25, 0.3) is 0 Å². The van der Waals surface area contributed by atoms with Crippen molar-refractivity contribution in [1.29, 1.82) is 0 Å². The van der Waals surface area contributed by atoms with Crippen LogP contribution in [0.2, 0.25) is 0 Å². The molecule has 3 rings (SSSR count). The Morgan fingerprint density at radius 1 is 0.923 bits per heavy atom. The molecule has 0 aliphatic carbocycles. The molecule has 0 spiro atoms. The zero-order valence-corrected chi connectivity index (χ0v) is 15.4. The summed E-state index contributed by atoms with van der Waals surface area (Å²) < 4.78 is 23.0. The molecule has 0 radical (unpaired) electrons. The first-order valence-electron chi connectivity index (χ1n) is 8.20. The number of carbonyl (C=O) groups is 1. The first-order valence-corrected chi connectivity index (χ1v) is 10.1. The fourth-order valence-corrected chi connectivity index (χ4v) is 3.41. The maximum absolute atomic E-state index is 12.3. The molecule has 6 heteroatoms. The van der Waals surface area contributed by atoms with E-state index in [4.69, 9.17) is 0 Å². The molecule has 0 saturated carbocycles. The Labute approximate surface area is 153 Å². The molecule has 3 aromatic carbocycles. The van der Waals surface area contributed by atoms with Gasteiger partial charge in [0, 0.05) is 11.6 Å². The molecule has 0 aliphatic heterocycles. The minimum absolute atomic E-state index is 0.258. The highest BCUT2D eigenvalue weighted by Gasteiger charge is 2.12. The molecule has 0 fully saturated rings. The molecule has 0 bridgehead atoms. The molecule has 0 heterocycles. The molecule has 0 saturated heterocycles. The highest BCUT2D eigenvalue weighted by Crippen LogP contribution is 2.23. The minimum Gasteiger partial charge on any atom is -0.331 e. The Balaban J connectivity index is 1.71. The lowest BCUT2D eigenvalue weighted by Crippen LogP contribution is -2.31. The van der Waals surface area contributed by atoms with Gasteiger partial charge in [-0.1, -0.05) is 48.5 Å². The quantitative estimate of drug-likeness (QED) is 0.727. The van der Waals surface area contributed by atoms with Crippen LogP contribution in [0.25, 0.3) is 10.8 Å². The van der Waals surface area contributed by atoms with Crippen molar-refractivity contribution < 1.29 is 13.2 Å². The van der Waals surface area contributed by atoms with Crippen molar-refractivity contribution in [2.75, 3.05) is 11.6 Å². The van der Waals surface area contributed by atoms with Crippen molar-refractivity contribution in [3.05, 3.63) is 72.3 Å². The second kappa shape index (κ2) is 7.17. The molecule has 0 aliphatic rings. The van der Waals surface area contributed by atoms with E-state index in [0.717, 1.165) is 22.0 Å². The van der Waals surface area contributed by atoms with Crippen molar-refractivity contribution in [2.24, 2.45) is 0 Å². The summed E-state index contributed by atoms with van der Waals surface area (Å²) in [6.07, 6.45) is 1.17. The van der Waals surface area contributed by atoms with E-state index in [-0.39, 0.29) is 17.0 Å². The standard InChI is InChI=1S/C20H20N2O3S/c1-14(15-10-12-17(13-11-15)26(2,24)25)21-20(23)22-19-9-5-7-16-6-3-4-8-18(16)19/h3-14H,1-2H3,(H2,21,22,23)/t14-/m1/s1. The number of sulfone groups is 1. The van der Waals surface area contributed by atoms with Crippen LogP contribution in [0.3, 0.4) is 0 Å². The van der Waals surface area contributed by atoms with E-state index >= 15 is 0 Å². The zero-order valence-electron chi connectivity index (χ0n) is 14.6. The Hall–Kier alpha value is -2.86. The molecule has 5 nitrogen and oxygen atoms in total. The van der Waals surface area contributed by atoms with E-state index < -0.39 is 9.84 Å². The van der Waals surface area contributed by atoms with E-state index in [2.05, 4.69) is 10.6 Å². The van der Waals surface area contributed by atoms with Crippen molar-refractivity contribution in [3.63, 3.8) is 0 Å². The highest BCUT2D eigenvalue weighted by atomic mass is 32.2. The SMILES string of the molecule is C[C@@H](NC(=O)Nc1cccc2ccccc12)c1ccc(S(C)(=O)=O)cc1. The average Bonchev–Trinajstić information content (AvgIpc) is 2.61. The van der Waals surface area contributed by atoms with Gasteiger partial charge in [-0.15, -0.1) is 0 Å². The molecular formula is C20H20N2O3S. The molecule has 0 aromatic heterocycles. The van der Waals surface area contributed by atoms with Gasteiger partial charge >= 0.3 is 6.03 Å². The van der Waals surface area contributed by atoms with Gasteiger partial charge < -0.3 is 10.6 Å². The average molecular weight is 368 g/mol. The van der Waals surface area contributed by atoms with Crippen molar-refractivity contribution in [1.82, 2.24) is 5.32 Å². The summed E-state index contributed by atoms with van der Waals surface area (Å²) in [4.78, 5) is 12.6. The summed E-state index contributed by atoms with van der Waals surface area (Å²) in [6, 6.07) is 19.5. The van der Waals surface area contributed by atoms with Crippen LogP contribution in [0.4, 0.5) is 10.5 Å². The summed E-state index contributed by atoms with van der Waals surface area (Å²) in [5.41, 5.74) is 1.56. The van der Waals surface area contributed by atoms with Gasteiger partial charge in [0.15, 0.2) is 9.84 Å². The number of urea groups is 1. The van der Waals surface area contributed by atoms with Gasteiger partial charge in [-0.05, 0) is 36.1 Å². The fraction of sp³-hybridized carbons (Fsp3) is 0.150. The summed E-state index contributed by atoms with van der Waals surface area (Å²) in [5.74, 6) is 0. The van der Waals surface area contributed by atoms with Gasteiger partial charge in [-0.25, -0.2) is 13.2 Å². The monoisotopic (exact) mass is 368 g/mol. The molecule has 0 unspecified atom stereocenters. The smallest absolute Gasteiger partial charge is 0.319 e. The summed E-state index contributed by atoms with van der Waals surface area (Å²) in [5, 5.41) is 7.76. The molecule has 3 aromatic rings. The number of amides is 2. The summed E-state index contributed by atoms with van der Waals surface area (Å²) in [7, 11) is -3.23. The summed E-state index contributed by atoms with van der Waals surface area (Å²) >= 11 is 0. The Bertz CT molecular complexity index is 1040. The molecule has 26 heavy (non-hydrogen) atoms. The number of nitrogens with one attached hydrogen (secondary N) is 2. The second-order valence-corrected chi connectivity index (χ2v) is 8.20. The van der Waals surface area contributed by atoms with Crippen LogP contribution in [0, 0.1) is 0 Å². The first kappa shape index (κ1) is 17.9. The van der Waals surface area contributed by atoms with Crippen molar-refractivity contribution in [2.45, 2.75) is 17.9 Å². The second-order valence-electron chi connectivity index (χ2n) is 6.19. The third-order valence-corrected chi connectivity index (χ3v) is 5.32. The van der Waals surface area contributed by atoms with Gasteiger partial charge in [0.1, 0.15) is 0 Å². The maximum atomic E-state index is 12.3. The lowest BCUT2D eigenvalue weighted by molar-refractivity contribution is 0.249. The molecule has 2 amide bonds. The third kappa shape index (κ3) is 4.03. The van der Waals surface area contributed by atoms with Crippen LogP contribution in [-0.2, 0) is 9.84 Å². The van der Waals surface area contributed by atoms with Gasteiger partial charge in [-0.3, -0.25) is 0 Å². The topological polar surface area (TPSA) is 75.3 Å². The largest absolute Gasteiger partial charge is 0.331 e. The van der Waals surface area contributed by atoms with Gasteiger partial charge in [0.2, 0.25) is 0 Å². The van der Waals surface area contributed by atoms with E-state index in [0.29, 0.717) is 0 Å². The fourth-order valence-electron chi connectivity index (χ4n) is 2.78. The van der Waals surface area contributed by atoms with Crippen LogP contribution in [0.1, 0.15) is 18.5 Å². The summed E-state index contributed by atoms with van der Waals surface area (Å²) in [6.45, 7) is 1.85. The number of rotatable bonds is 4. The lowest BCUT2D eigenvalue weighted by Gasteiger charge is -2.16. The lowest BCUT2D eigenvalue weighted by atomic mass is 10.1. The third-order valence-electron chi connectivity index (χ3n) is 4.19. The number of hydrogen-bond acceptors (Lipinski definition) is 3. The molecular weight excluding hydrogens is 348 g/mol. The number of hydrogen-bond donors (Lipinski definition) is 2. The predicted molar refractivity (Wildman–Crippen MR) is 104 cm³/mol. The molecule has 2 N–H and O–H groups in total. The number of carbonyl (C=O) groups excluding carboxylic acids is 1. The van der Waals surface area contributed by atoms with E-state index in [1.807, 2.05) is 49.4 Å². The predicted octanol–water partition coefficient (Wildman–Crippen LogP) is 4.13. The molecule has 1 atom stereocenters. The first-order chi connectivity index (χ1) is 12.3. The Kier molecular flexibility index (Phi) is 4.95. The molecule has 134 valence electrons. The van der Waals surface area contributed by atoms with Crippen LogP contribution < -0.4 is 10.6 Å². The van der Waals surface area contributed by atoms with Crippen LogP contribution in [0.5, 0.6) is 0 Å². The highest BCUT2D eigenvalue weighted by molar-refractivity contribution is 7.90. The zero-order chi connectivity index (χ0) is 18.7. The normalized spacial score (nSPS) is 12.5. The van der Waals surface area contributed by atoms with Crippen LogP contribution in [-0.4, -0.2) is 20.7 Å². The minimum atomic E-state index is -3.23. The van der Waals surface area contributed by atoms with Crippen LogP contribution >= 0.6 is 0 Å². The number of fused-ring (bicyclic) bond motifs is 1.